The molecule has 176 valence electrons. The Hall–Kier alpha value is -2.62. The third-order valence-corrected chi connectivity index (χ3v) is 8.11. The van der Waals surface area contributed by atoms with Gasteiger partial charge >= 0.3 is 0 Å². The number of sulfonamides is 1. The van der Waals surface area contributed by atoms with E-state index in [0.29, 0.717) is 16.9 Å². The SMILES string of the molecule is Cc1cc(-c2ccnc(N3CCN(C)CC3)c2)cc(Cl)c1S(=O)(=O)Nc1c(C)nn(C)c1C. The lowest BCUT2D eigenvalue weighted by Gasteiger charge is -2.33. The van der Waals surface area contributed by atoms with Crippen LogP contribution in [0.3, 0.4) is 0 Å². The van der Waals surface area contributed by atoms with Crippen molar-refractivity contribution in [1.29, 1.82) is 0 Å². The Labute approximate surface area is 200 Å². The molecule has 1 saturated heterocycles. The minimum absolute atomic E-state index is 0.0731. The standard InChI is InChI=1S/C23H29ClN6O2S/c1-15-12-19(18-6-7-25-21(14-18)30-10-8-28(4)9-11-30)13-20(24)23(15)33(31,32)27-22-16(2)26-29(5)17(22)3/h6-7,12-14,27H,8-11H2,1-5H3. The number of rotatable bonds is 5. The topological polar surface area (TPSA) is 83.4 Å². The van der Waals surface area contributed by atoms with Crippen molar-refractivity contribution in [2.24, 2.45) is 7.05 Å². The van der Waals surface area contributed by atoms with Crippen LogP contribution in [-0.2, 0) is 17.1 Å². The van der Waals surface area contributed by atoms with Crippen molar-refractivity contribution in [1.82, 2.24) is 19.7 Å². The molecule has 10 heteroatoms. The van der Waals surface area contributed by atoms with Crippen molar-refractivity contribution in [3.63, 3.8) is 0 Å². The first kappa shape index (κ1) is 23.5. The molecule has 1 N–H and O–H groups in total. The number of nitrogens with zero attached hydrogens (tertiary/aromatic N) is 5. The average Bonchev–Trinajstić information content (AvgIpc) is 2.99. The zero-order valence-electron chi connectivity index (χ0n) is 19.6. The monoisotopic (exact) mass is 488 g/mol. The van der Waals surface area contributed by atoms with Crippen LogP contribution in [-0.4, -0.2) is 61.3 Å². The number of pyridine rings is 1. The molecule has 3 aromatic rings. The number of likely N-dealkylation sites (N-methyl/N-ethyl adjacent to an activating group) is 1. The summed E-state index contributed by atoms with van der Waals surface area (Å²) in [6, 6.07) is 7.51. The maximum Gasteiger partial charge on any atom is 0.263 e. The van der Waals surface area contributed by atoms with Gasteiger partial charge in [-0.15, -0.1) is 0 Å². The number of halogens is 1. The molecule has 3 heterocycles. The highest BCUT2D eigenvalue weighted by atomic mass is 35.5. The highest BCUT2D eigenvalue weighted by Crippen LogP contribution is 2.34. The Balaban J connectivity index is 1.66. The van der Waals surface area contributed by atoms with Gasteiger partial charge in [-0.25, -0.2) is 13.4 Å². The van der Waals surface area contributed by atoms with E-state index in [0.717, 1.165) is 48.8 Å². The molecule has 0 amide bonds. The van der Waals surface area contributed by atoms with E-state index in [9.17, 15) is 8.42 Å². The van der Waals surface area contributed by atoms with Gasteiger partial charge in [-0.05, 0) is 68.8 Å². The molecule has 0 atom stereocenters. The second-order valence-electron chi connectivity index (χ2n) is 8.57. The average molecular weight is 489 g/mol. The molecular formula is C23H29ClN6O2S. The lowest BCUT2D eigenvalue weighted by Crippen LogP contribution is -2.44. The van der Waals surface area contributed by atoms with Gasteiger partial charge in [0, 0.05) is 39.4 Å². The van der Waals surface area contributed by atoms with Gasteiger partial charge in [0.25, 0.3) is 10.0 Å². The van der Waals surface area contributed by atoms with E-state index in [-0.39, 0.29) is 9.92 Å². The van der Waals surface area contributed by atoms with E-state index < -0.39 is 10.0 Å². The van der Waals surface area contributed by atoms with Crippen LogP contribution in [0.15, 0.2) is 35.4 Å². The Kier molecular flexibility index (Phi) is 6.39. The molecule has 1 aliphatic rings. The Bertz CT molecular complexity index is 1270. The fourth-order valence-corrected chi connectivity index (χ4v) is 6.19. The number of nitrogens with one attached hydrogen (secondary N) is 1. The molecule has 8 nitrogen and oxygen atoms in total. The second-order valence-corrected chi connectivity index (χ2v) is 10.6. The van der Waals surface area contributed by atoms with Crippen LogP contribution in [0.25, 0.3) is 11.1 Å². The van der Waals surface area contributed by atoms with E-state index >= 15 is 0 Å². The molecule has 1 fully saturated rings. The maximum absolute atomic E-state index is 13.2. The first-order chi connectivity index (χ1) is 15.6. The van der Waals surface area contributed by atoms with Gasteiger partial charge in [0.15, 0.2) is 0 Å². The minimum Gasteiger partial charge on any atom is -0.354 e. The summed E-state index contributed by atoms with van der Waals surface area (Å²) in [7, 11) is -0.00184. The van der Waals surface area contributed by atoms with Gasteiger partial charge in [0.1, 0.15) is 10.7 Å². The van der Waals surface area contributed by atoms with Crippen LogP contribution in [0.2, 0.25) is 5.02 Å². The van der Waals surface area contributed by atoms with Crippen molar-refractivity contribution in [3.05, 3.63) is 52.4 Å². The van der Waals surface area contributed by atoms with Crippen molar-refractivity contribution < 1.29 is 8.42 Å². The van der Waals surface area contributed by atoms with Crippen molar-refractivity contribution >= 4 is 33.1 Å². The summed E-state index contributed by atoms with van der Waals surface area (Å²) in [6.07, 6.45) is 1.78. The summed E-state index contributed by atoms with van der Waals surface area (Å²) in [5.41, 5.74) is 4.18. The molecule has 0 saturated carbocycles. The molecule has 0 radical (unpaired) electrons. The number of aryl methyl sites for hydroxylation is 3. The van der Waals surface area contributed by atoms with Crippen molar-refractivity contribution in [2.45, 2.75) is 25.7 Å². The fraction of sp³-hybridized carbons (Fsp3) is 0.391. The zero-order valence-corrected chi connectivity index (χ0v) is 21.1. The van der Waals surface area contributed by atoms with Crippen LogP contribution in [0.1, 0.15) is 17.0 Å². The van der Waals surface area contributed by atoms with Crippen LogP contribution in [0, 0.1) is 20.8 Å². The summed E-state index contributed by atoms with van der Waals surface area (Å²) in [5, 5.41) is 4.46. The highest BCUT2D eigenvalue weighted by molar-refractivity contribution is 7.93. The van der Waals surface area contributed by atoms with E-state index in [4.69, 9.17) is 11.6 Å². The van der Waals surface area contributed by atoms with Gasteiger partial charge in [0.05, 0.1) is 22.1 Å². The predicted octanol–water partition coefficient (Wildman–Crippen LogP) is 3.61. The van der Waals surface area contributed by atoms with Crippen LogP contribution >= 0.6 is 11.6 Å². The third-order valence-electron chi connectivity index (χ3n) is 6.15. The van der Waals surface area contributed by atoms with Crippen LogP contribution in [0.5, 0.6) is 0 Å². The fourth-order valence-electron chi connectivity index (χ4n) is 4.15. The lowest BCUT2D eigenvalue weighted by atomic mass is 10.0. The highest BCUT2D eigenvalue weighted by Gasteiger charge is 2.25. The number of hydrogen-bond acceptors (Lipinski definition) is 6. The molecule has 0 unspecified atom stereocenters. The summed E-state index contributed by atoms with van der Waals surface area (Å²) in [5.74, 6) is 0.912. The Morgan fingerprint density at radius 2 is 1.70 bits per heavy atom. The van der Waals surface area contributed by atoms with Gasteiger partial charge in [-0.1, -0.05) is 11.6 Å². The number of aromatic nitrogens is 3. The third kappa shape index (κ3) is 4.71. The largest absolute Gasteiger partial charge is 0.354 e. The summed E-state index contributed by atoms with van der Waals surface area (Å²) in [6.45, 7) is 9.17. The molecule has 0 aliphatic carbocycles. The smallest absolute Gasteiger partial charge is 0.263 e. The number of anilines is 2. The first-order valence-corrected chi connectivity index (χ1v) is 12.7. The molecule has 4 rings (SSSR count). The van der Waals surface area contributed by atoms with Crippen LogP contribution < -0.4 is 9.62 Å². The Morgan fingerprint density at radius 1 is 1.00 bits per heavy atom. The van der Waals surface area contributed by atoms with E-state index in [1.54, 1.807) is 37.8 Å². The molecule has 0 bridgehead atoms. The summed E-state index contributed by atoms with van der Waals surface area (Å²) >= 11 is 6.55. The minimum atomic E-state index is -3.90. The Morgan fingerprint density at radius 3 is 2.30 bits per heavy atom. The second kappa shape index (κ2) is 8.96. The molecule has 0 spiro atoms. The molecule has 2 aromatic heterocycles. The quantitative estimate of drug-likeness (QED) is 0.590. The van der Waals surface area contributed by atoms with E-state index in [1.807, 2.05) is 25.1 Å². The zero-order chi connectivity index (χ0) is 23.9. The molecule has 1 aromatic carbocycles. The van der Waals surface area contributed by atoms with Crippen LogP contribution in [0.4, 0.5) is 11.5 Å². The molecule has 1 aliphatic heterocycles. The normalized spacial score (nSPS) is 15.2. The lowest BCUT2D eigenvalue weighted by molar-refractivity contribution is 0.312. The predicted molar refractivity (Wildman–Crippen MR) is 133 cm³/mol. The number of piperazine rings is 1. The molecular weight excluding hydrogens is 460 g/mol. The summed E-state index contributed by atoms with van der Waals surface area (Å²) in [4.78, 5) is 9.17. The number of benzene rings is 1. The summed E-state index contributed by atoms with van der Waals surface area (Å²) < 4.78 is 30.8. The van der Waals surface area contributed by atoms with Gasteiger partial charge < -0.3 is 9.80 Å². The van der Waals surface area contributed by atoms with Crippen molar-refractivity contribution in [2.75, 3.05) is 42.8 Å². The molecule has 33 heavy (non-hydrogen) atoms. The van der Waals surface area contributed by atoms with Gasteiger partial charge in [-0.3, -0.25) is 9.40 Å². The van der Waals surface area contributed by atoms with E-state index in [2.05, 4.69) is 31.7 Å². The maximum atomic E-state index is 13.2. The first-order valence-electron chi connectivity index (χ1n) is 10.8. The van der Waals surface area contributed by atoms with Gasteiger partial charge in [0.2, 0.25) is 0 Å². The van der Waals surface area contributed by atoms with E-state index in [1.165, 1.54) is 0 Å². The van der Waals surface area contributed by atoms with Gasteiger partial charge in [-0.2, -0.15) is 5.10 Å². The number of hydrogen-bond donors (Lipinski definition) is 1. The van der Waals surface area contributed by atoms with Crippen molar-refractivity contribution in [3.8, 4) is 11.1 Å².